The molecule has 1 aliphatic rings. The average molecular weight is 202 g/mol. The van der Waals surface area contributed by atoms with Crippen LogP contribution < -0.4 is 5.32 Å². The quantitative estimate of drug-likeness (QED) is 0.792. The third-order valence-electron chi connectivity index (χ3n) is 2.08. The molecule has 1 fully saturated rings. The van der Waals surface area contributed by atoms with Crippen molar-refractivity contribution < 1.29 is 0 Å². The van der Waals surface area contributed by atoms with Crippen LogP contribution in [0.25, 0.3) is 0 Å². The van der Waals surface area contributed by atoms with E-state index in [9.17, 15) is 0 Å². The number of hydrogen-bond acceptors (Lipinski definition) is 2. The van der Waals surface area contributed by atoms with Crippen LogP contribution in [0.4, 0.5) is 0 Å². The van der Waals surface area contributed by atoms with Gasteiger partial charge in [-0.05, 0) is 31.9 Å². The fraction of sp³-hybridized carbons (Fsp3) is 0.556. The predicted molar refractivity (Wildman–Crippen MR) is 53.9 cm³/mol. The lowest BCUT2D eigenvalue weighted by molar-refractivity contribution is 0.579. The second kappa shape index (κ2) is 3.36. The predicted octanol–water partition coefficient (Wildman–Crippen LogP) is 3.21. The first kappa shape index (κ1) is 8.54. The van der Waals surface area contributed by atoms with E-state index >= 15 is 0 Å². The molecule has 1 aromatic heterocycles. The summed E-state index contributed by atoms with van der Waals surface area (Å²) in [5, 5.41) is 3.54. The minimum Gasteiger partial charge on any atom is -0.307 e. The number of hydrogen-bond donors (Lipinski definition) is 1. The number of thiophene rings is 1. The van der Waals surface area contributed by atoms with Crippen molar-refractivity contribution in [2.24, 2.45) is 0 Å². The van der Waals surface area contributed by atoms with Gasteiger partial charge in [0.25, 0.3) is 0 Å². The van der Waals surface area contributed by atoms with Gasteiger partial charge in [-0.15, -0.1) is 11.3 Å². The van der Waals surface area contributed by atoms with E-state index in [1.54, 1.807) is 11.3 Å². The van der Waals surface area contributed by atoms with Gasteiger partial charge in [0.2, 0.25) is 0 Å². The van der Waals surface area contributed by atoms with E-state index in [0.29, 0.717) is 6.04 Å². The Morgan fingerprint density at radius 2 is 2.33 bits per heavy atom. The Morgan fingerprint density at radius 3 is 2.83 bits per heavy atom. The van der Waals surface area contributed by atoms with Crippen LogP contribution in [0.15, 0.2) is 12.1 Å². The molecule has 1 aliphatic carbocycles. The summed E-state index contributed by atoms with van der Waals surface area (Å²) >= 11 is 7.52. The number of nitrogens with one attached hydrogen (secondary N) is 1. The van der Waals surface area contributed by atoms with Gasteiger partial charge in [0.15, 0.2) is 0 Å². The summed E-state index contributed by atoms with van der Waals surface area (Å²) in [6.45, 7) is 2.19. The zero-order valence-corrected chi connectivity index (χ0v) is 8.58. The highest BCUT2D eigenvalue weighted by Gasteiger charge is 2.23. The molecule has 0 aliphatic heterocycles. The van der Waals surface area contributed by atoms with Gasteiger partial charge < -0.3 is 5.32 Å². The van der Waals surface area contributed by atoms with Gasteiger partial charge in [-0.1, -0.05) is 11.6 Å². The summed E-state index contributed by atoms with van der Waals surface area (Å²) in [6, 6.07) is 5.30. The van der Waals surface area contributed by atoms with E-state index in [1.165, 1.54) is 17.7 Å². The number of rotatable bonds is 3. The molecule has 66 valence electrons. The molecule has 0 saturated heterocycles. The minimum absolute atomic E-state index is 0.468. The Balaban J connectivity index is 1.97. The van der Waals surface area contributed by atoms with E-state index in [2.05, 4.69) is 18.3 Å². The summed E-state index contributed by atoms with van der Waals surface area (Å²) in [6.07, 6.45) is 2.67. The van der Waals surface area contributed by atoms with Crippen molar-refractivity contribution in [1.29, 1.82) is 0 Å². The first-order valence-electron chi connectivity index (χ1n) is 4.27. The van der Waals surface area contributed by atoms with Gasteiger partial charge in [0.1, 0.15) is 0 Å². The molecule has 0 unspecified atom stereocenters. The van der Waals surface area contributed by atoms with Crippen molar-refractivity contribution in [2.45, 2.75) is 31.8 Å². The fourth-order valence-corrected chi connectivity index (χ4v) is 2.32. The lowest BCUT2D eigenvalue weighted by Gasteiger charge is -2.09. The molecular weight excluding hydrogens is 190 g/mol. The Hall–Kier alpha value is -0.0500. The molecule has 1 nitrogen and oxygen atoms in total. The molecule has 1 atom stereocenters. The third-order valence-corrected chi connectivity index (χ3v) is 3.50. The highest BCUT2D eigenvalue weighted by atomic mass is 35.5. The maximum atomic E-state index is 5.85. The summed E-state index contributed by atoms with van der Waals surface area (Å²) < 4.78 is 0.884. The molecule has 0 spiro atoms. The van der Waals surface area contributed by atoms with Crippen molar-refractivity contribution in [1.82, 2.24) is 5.32 Å². The third kappa shape index (κ3) is 2.00. The van der Waals surface area contributed by atoms with Gasteiger partial charge in [0, 0.05) is 17.0 Å². The summed E-state index contributed by atoms with van der Waals surface area (Å²) in [7, 11) is 0. The highest BCUT2D eigenvalue weighted by Crippen LogP contribution is 2.29. The monoisotopic (exact) mass is 201 g/mol. The molecule has 1 heterocycles. The maximum Gasteiger partial charge on any atom is 0.0931 e. The first-order chi connectivity index (χ1) is 5.75. The summed E-state index contributed by atoms with van der Waals surface area (Å²) in [4.78, 5) is 1.34. The van der Waals surface area contributed by atoms with Crippen LogP contribution in [0.1, 0.15) is 30.7 Å². The Labute approximate surface area is 81.7 Å². The van der Waals surface area contributed by atoms with Gasteiger partial charge in [-0.2, -0.15) is 0 Å². The molecule has 12 heavy (non-hydrogen) atoms. The van der Waals surface area contributed by atoms with E-state index in [0.717, 1.165) is 10.4 Å². The van der Waals surface area contributed by atoms with E-state index in [1.807, 2.05) is 6.07 Å². The van der Waals surface area contributed by atoms with Crippen LogP contribution in [-0.4, -0.2) is 6.04 Å². The van der Waals surface area contributed by atoms with Crippen molar-refractivity contribution in [2.75, 3.05) is 0 Å². The van der Waals surface area contributed by atoms with E-state index in [-0.39, 0.29) is 0 Å². The second-order valence-electron chi connectivity index (χ2n) is 3.30. The van der Waals surface area contributed by atoms with Crippen molar-refractivity contribution in [3.05, 3.63) is 21.3 Å². The van der Waals surface area contributed by atoms with Crippen LogP contribution in [0, 0.1) is 0 Å². The van der Waals surface area contributed by atoms with Crippen LogP contribution in [0.5, 0.6) is 0 Å². The number of halogens is 1. The molecule has 2 rings (SSSR count). The molecule has 0 amide bonds. The lowest BCUT2D eigenvalue weighted by Crippen LogP contribution is -2.19. The summed E-state index contributed by atoms with van der Waals surface area (Å²) in [5.74, 6) is 0. The van der Waals surface area contributed by atoms with Gasteiger partial charge in [0.05, 0.1) is 4.34 Å². The van der Waals surface area contributed by atoms with Gasteiger partial charge in [-0.25, -0.2) is 0 Å². The zero-order chi connectivity index (χ0) is 8.55. The standard InChI is InChI=1S/C9H12ClNS/c1-6(11-7-2-3-7)8-4-5-9(10)12-8/h4-7,11H,2-3H2,1H3/t6-/m1/s1. The molecule has 0 radical (unpaired) electrons. The van der Waals surface area contributed by atoms with Crippen LogP contribution in [0.3, 0.4) is 0 Å². The zero-order valence-electron chi connectivity index (χ0n) is 7.01. The van der Waals surface area contributed by atoms with E-state index < -0.39 is 0 Å². The Bertz CT molecular complexity index is 267. The largest absolute Gasteiger partial charge is 0.307 e. The van der Waals surface area contributed by atoms with Crippen LogP contribution >= 0.6 is 22.9 Å². The molecule has 1 N–H and O–H groups in total. The van der Waals surface area contributed by atoms with Crippen molar-refractivity contribution >= 4 is 22.9 Å². The first-order valence-corrected chi connectivity index (χ1v) is 5.46. The van der Waals surface area contributed by atoms with Crippen LogP contribution in [0.2, 0.25) is 4.34 Å². The van der Waals surface area contributed by atoms with Gasteiger partial charge >= 0.3 is 0 Å². The van der Waals surface area contributed by atoms with E-state index in [4.69, 9.17) is 11.6 Å². The molecule has 0 bridgehead atoms. The molecule has 0 aromatic carbocycles. The lowest BCUT2D eigenvalue weighted by atomic mass is 10.3. The molecule has 1 saturated carbocycles. The maximum absolute atomic E-state index is 5.85. The molecule has 1 aromatic rings. The smallest absolute Gasteiger partial charge is 0.0931 e. The second-order valence-corrected chi connectivity index (χ2v) is 5.05. The Kier molecular flexibility index (Phi) is 2.40. The SMILES string of the molecule is C[C@@H](NC1CC1)c1ccc(Cl)s1. The average Bonchev–Trinajstić information content (AvgIpc) is 2.72. The highest BCUT2D eigenvalue weighted by molar-refractivity contribution is 7.16. The minimum atomic E-state index is 0.468. The van der Waals surface area contributed by atoms with Crippen molar-refractivity contribution in [3.8, 4) is 0 Å². The van der Waals surface area contributed by atoms with Crippen LogP contribution in [-0.2, 0) is 0 Å². The van der Waals surface area contributed by atoms with Gasteiger partial charge in [-0.3, -0.25) is 0 Å². The molecular formula is C9H12ClNS. The fourth-order valence-electron chi connectivity index (χ4n) is 1.25. The Morgan fingerprint density at radius 1 is 1.58 bits per heavy atom. The molecule has 3 heteroatoms. The van der Waals surface area contributed by atoms with Crippen molar-refractivity contribution in [3.63, 3.8) is 0 Å². The topological polar surface area (TPSA) is 12.0 Å². The normalized spacial score (nSPS) is 19.5. The summed E-state index contributed by atoms with van der Waals surface area (Å²) in [5.41, 5.74) is 0.